The van der Waals surface area contributed by atoms with E-state index in [9.17, 15) is 9.59 Å². The van der Waals surface area contributed by atoms with Crippen LogP contribution in [-0.2, 0) is 4.74 Å². The average Bonchev–Trinajstić information content (AvgIpc) is 2.86. The fourth-order valence-corrected chi connectivity index (χ4v) is 2.33. The van der Waals surface area contributed by atoms with Gasteiger partial charge in [-0.15, -0.1) is 0 Å². The highest BCUT2D eigenvalue weighted by molar-refractivity contribution is 5.89. The highest BCUT2D eigenvalue weighted by atomic mass is 16.5. The van der Waals surface area contributed by atoms with Crippen LogP contribution in [0.5, 0.6) is 0 Å². The molecule has 0 bridgehead atoms. The number of aryl methyl sites for hydroxylation is 1. The summed E-state index contributed by atoms with van der Waals surface area (Å²) in [7, 11) is 0. The molecule has 0 unspecified atom stereocenters. The standard InChI is InChI=1S/C16H16N4O3/c1-3-23-15(22)11-8-18-16-19-12(13(17)20(16)14(11)21)10-6-4-9(2)5-7-10/h4-8H,3,17H2,1-2H3,(H,18,19). The first kappa shape index (κ1) is 14.8. The molecule has 0 saturated carbocycles. The number of carbonyl (C=O) groups is 1. The third-order valence-electron chi connectivity index (χ3n) is 3.51. The molecule has 0 radical (unpaired) electrons. The maximum atomic E-state index is 12.5. The van der Waals surface area contributed by atoms with Crippen molar-refractivity contribution in [3.63, 3.8) is 0 Å². The monoisotopic (exact) mass is 312 g/mol. The summed E-state index contributed by atoms with van der Waals surface area (Å²) in [6.45, 7) is 3.84. The number of ether oxygens (including phenoxy) is 1. The van der Waals surface area contributed by atoms with Crippen molar-refractivity contribution in [1.82, 2.24) is 14.4 Å². The Kier molecular flexibility index (Phi) is 3.61. The summed E-state index contributed by atoms with van der Waals surface area (Å²) in [5.41, 5.74) is 7.80. The zero-order valence-corrected chi connectivity index (χ0v) is 12.8. The Bertz CT molecular complexity index is 938. The smallest absolute Gasteiger partial charge is 0.345 e. The highest BCUT2D eigenvalue weighted by Crippen LogP contribution is 2.25. The number of hydrogen-bond donors (Lipinski definition) is 2. The lowest BCUT2D eigenvalue weighted by molar-refractivity contribution is 0.0523. The van der Waals surface area contributed by atoms with E-state index in [1.54, 1.807) is 6.92 Å². The van der Waals surface area contributed by atoms with Gasteiger partial charge >= 0.3 is 5.97 Å². The topological polar surface area (TPSA) is 102 Å². The number of aromatic amines is 1. The molecule has 0 aliphatic heterocycles. The number of nitrogens with one attached hydrogen (secondary N) is 1. The van der Waals surface area contributed by atoms with Crippen LogP contribution in [0.15, 0.2) is 35.3 Å². The van der Waals surface area contributed by atoms with Crippen molar-refractivity contribution in [3.8, 4) is 11.3 Å². The molecule has 0 spiro atoms. The van der Waals surface area contributed by atoms with E-state index >= 15 is 0 Å². The van der Waals surface area contributed by atoms with Gasteiger partial charge in [0.2, 0.25) is 5.78 Å². The Morgan fingerprint density at radius 1 is 1.35 bits per heavy atom. The molecule has 0 aliphatic carbocycles. The predicted molar refractivity (Wildman–Crippen MR) is 86.4 cm³/mol. The number of benzene rings is 1. The predicted octanol–water partition coefficient (Wildman–Crippen LogP) is 1.76. The van der Waals surface area contributed by atoms with Gasteiger partial charge in [-0.05, 0) is 13.8 Å². The summed E-state index contributed by atoms with van der Waals surface area (Å²) >= 11 is 0. The largest absolute Gasteiger partial charge is 0.462 e. The molecule has 3 aromatic rings. The number of fused-ring (bicyclic) bond motifs is 1. The second kappa shape index (κ2) is 5.60. The number of nitrogens with two attached hydrogens (primary N) is 1. The van der Waals surface area contributed by atoms with Crippen LogP contribution in [0.3, 0.4) is 0 Å². The van der Waals surface area contributed by atoms with Gasteiger partial charge in [-0.2, -0.15) is 0 Å². The van der Waals surface area contributed by atoms with Crippen molar-refractivity contribution in [2.45, 2.75) is 13.8 Å². The molecule has 1 aromatic carbocycles. The number of carbonyl (C=O) groups excluding carboxylic acids is 1. The van der Waals surface area contributed by atoms with Crippen molar-refractivity contribution >= 4 is 17.6 Å². The Balaban J connectivity index is 2.19. The van der Waals surface area contributed by atoms with Gasteiger partial charge in [0.25, 0.3) is 5.56 Å². The zero-order valence-electron chi connectivity index (χ0n) is 12.8. The maximum Gasteiger partial charge on any atom is 0.345 e. The summed E-state index contributed by atoms with van der Waals surface area (Å²) in [6.07, 6.45) is 1.29. The molecule has 0 aliphatic rings. The fourth-order valence-electron chi connectivity index (χ4n) is 2.33. The van der Waals surface area contributed by atoms with E-state index in [0.29, 0.717) is 5.69 Å². The lowest BCUT2D eigenvalue weighted by Gasteiger charge is -2.02. The highest BCUT2D eigenvalue weighted by Gasteiger charge is 2.19. The molecular weight excluding hydrogens is 296 g/mol. The third kappa shape index (κ3) is 2.46. The molecular formula is C16H16N4O3. The molecule has 7 heteroatoms. The number of aromatic nitrogens is 3. The minimum absolute atomic E-state index is 0.112. The number of hydrogen-bond acceptors (Lipinski definition) is 5. The van der Waals surface area contributed by atoms with Crippen LogP contribution >= 0.6 is 0 Å². The summed E-state index contributed by atoms with van der Waals surface area (Å²) in [4.78, 5) is 31.5. The average molecular weight is 312 g/mol. The summed E-state index contributed by atoms with van der Waals surface area (Å²) in [5, 5.41) is 0. The van der Waals surface area contributed by atoms with Gasteiger partial charge < -0.3 is 15.5 Å². The Morgan fingerprint density at radius 3 is 2.70 bits per heavy atom. The zero-order chi connectivity index (χ0) is 16.6. The molecule has 3 rings (SSSR count). The van der Waals surface area contributed by atoms with Gasteiger partial charge in [-0.25, -0.2) is 14.2 Å². The summed E-state index contributed by atoms with van der Waals surface area (Å²) in [6, 6.07) is 7.63. The first-order valence-electron chi connectivity index (χ1n) is 7.16. The normalized spacial score (nSPS) is 10.9. The second-order valence-electron chi connectivity index (χ2n) is 5.10. The number of anilines is 1. The summed E-state index contributed by atoms with van der Waals surface area (Å²) < 4.78 is 6.05. The molecule has 0 atom stereocenters. The molecule has 2 heterocycles. The van der Waals surface area contributed by atoms with Crippen LogP contribution in [0, 0.1) is 6.92 Å². The molecule has 0 fully saturated rings. The van der Waals surface area contributed by atoms with Crippen molar-refractivity contribution < 1.29 is 9.53 Å². The van der Waals surface area contributed by atoms with Crippen molar-refractivity contribution in [2.75, 3.05) is 12.3 Å². The van der Waals surface area contributed by atoms with Gasteiger partial charge in [0, 0.05) is 11.8 Å². The number of H-pyrrole nitrogens is 1. The Hall–Kier alpha value is -3.09. The molecule has 7 nitrogen and oxygen atoms in total. The van der Waals surface area contributed by atoms with Crippen LogP contribution in [0.1, 0.15) is 22.8 Å². The number of nitrogen functional groups attached to an aromatic ring is 1. The minimum Gasteiger partial charge on any atom is -0.462 e. The first-order valence-corrected chi connectivity index (χ1v) is 7.16. The van der Waals surface area contributed by atoms with Crippen LogP contribution in [0.4, 0.5) is 5.82 Å². The number of nitrogens with zero attached hydrogens (tertiary/aromatic N) is 2. The summed E-state index contributed by atoms with van der Waals surface area (Å²) in [5.74, 6) is -0.243. The SMILES string of the molecule is CCOC(=O)c1c[nH]c2nc(-c3ccc(C)cc3)c(N)n2c1=O. The van der Waals surface area contributed by atoms with Gasteiger partial charge in [-0.1, -0.05) is 29.8 Å². The lowest BCUT2D eigenvalue weighted by Crippen LogP contribution is -2.24. The van der Waals surface area contributed by atoms with E-state index in [2.05, 4.69) is 9.97 Å². The molecule has 0 amide bonds. The number of esters is 1. The van der Waals surface area contributed by atoms with Gasteiger partial charge in [0.05, 0.1) is 6.61 Å². The quantitative estimate of drug-likeness (QED) is 0.717. The van der Waals surface area contributed by atoms with E-state index in [0.717, 1.165) is 11.1 Å². The van der Waals surface area contributed by atoms with Gasteiger partial charge in [0.1, 0.15) is 17.1 Å². The number of imidazole rings is 1. The molecule has 3 N–H and O–H groups in total. The van der Waals surface area contributed by atoms with Crippen molar-refractivity contribution in [3.05, 3.63) is 51.9 Å². The molecule has 2 aromatic heterocycles. The molecule has 23 heavy (non-hydrogen) atoms. The fraction of sp³-hybridized carbons (Fsp3) is 0.188. The van der Waals surface area contributed by atoms with E-state index in [4.69, 9.17) is 10.5 Å². The molecule has 118 valence electrons. The van der Waals surface area contributed by atoms with Gasteiger partial charge in [0.15, 0.2) is 0 Å². The van der Waals surface area contributed by atoms with Gasteiger partial charge in [-0.3, -0.25) is 4.79 Å². The second-order valence-corrected chi connectivity index (χ2v) is 5.10. The Labute approximate surface area is 131 Å². The first-order chi connectivity index (χ1) is 11.0. The number of rotatable bonds is 3. The van der Waals surface area contributed by atoms with Crippen molar-refractivity contribution in [1.29, 1.82) is 0 Å². The Morgan fingerprint density at radius 2 is 2.04 bits per heavy atom. The van der Waals surface area contributed by atoms with Crippen LogP contribution in [-0.4, -0.2) is 26.9 Å². The maximum absolute atomic E-state index is 12.5. The van der Waals surface area contributed by atoms with Crippen molar-refractivity contribution in [2.24, 2.45) is 0 Å². The third-order valence-corrected chi connectivity index (χ3v) is 3.51. The van der Waals surface area contributed by atoms with E-state index in [1.165, 1.54) is 10.6 Å². The minimum atomic E-state index is -0.694. The van der Waals surface area contributed by atoms with Crippen LogP contribution < -0.4 is 11.3 Å². The molecule has 0 saturated heterocycles. The van der Waals surface area contributed by atoms with E-state index < -0.39 is 11.5 Å². The lowest BCUT2D eigenvalue weighted by atomic mass is 10.1. The van der Waals surface area contributed by atoms with E-state index in [1.807, 2.05) is 31.2 Å². The van der Waals surface area contributed by atoms with E-state index in [-0.39, 0.29) is 23.8 Å². The van der Waals surface area contributed by atoms with Crippen LogP contribution in [0.25, 0.3) is 17.0 Å². The van der Waals surface area contributed by atoms with Crippen LogP contribution in [0.2, 0.25) is 0 Å².